The van der Waals surface area contributed by atoms with Crippen molar-refractivity contribution in [2.75, 3.05) is 72.7 Å². The largest absolute Gasteiger partial charge is 0.463 e. The first-order valence-electron chi connectivity index (χ1n) is 14.9. The molecule has 0 aromatic heterocycles. The molecular weight excluding hydrogens is 460 g/mol. The summed E-state index contributed by atoms with van der Waals surface area (Å²) in [6.45, 7) is 10.4. The lowest BCUT2D eigenvalue weighted by molar-refractivity contribution is -0.145. The fourth-order valence-corrected chi connectivity index (χ4v) is 3.66. The second-order valence-corrected chi connectivity index (χ2v) is 9.27. The van der Waals surface area contributed by atoms with Gasteiger partial charge in [-0.1, -0.05) is 90.9 Å². The molecule has 0 aromatic carbocycles. The molecule has 0 radical (unpaired) electrons. The number of unbranched alkanes of at least 4 members (excludes halogenated alkanes) is 12. The van der Waals surface area contributed by atoms with Gasteiger partial charge >= 0.3 is 5.97 Å². The Labute approximate surface area is 222 Å². The Morgan fingerprint density at radius 1 is 0.389 bits per heavy atom. The van der Waals surface area contributed by atoms with Crippen molar-refractivity contribution in [3.8, 4) is 0 Å². The Balaban J connectivity index is 3.06. The van der Waals surface area contributed by atoms with E-state index >= 15 is 0 Å². The van der Waals surface area contributed by atoms with E-state index in [0.717, 1.165) is 32.3 Å². The Hall–Kier alpha value is -0.730. The van der Waals surface area contributed by atoms with Crippen molar-refractivity contribution in [2.45, 2.75) is 110 Å². The van der Waals surface area contributed by atoms with Crippen molar-refractivity contribution in [3.63, 3.8) is 0 Å². The van der Waals surface area contributed by atoms with Crippen molar-refractivity contribution in [1.82, 2.24) is 0 Å². The molecule has 0 amide bonds. The molecule has 0 aliphatic carbocycles. The van der Waals surface area contributed by atoms with Crippen LogP contribution in [0.25, 0.3) is 0 Å². The van der Waals surface area contributed by atoms with Gasteiger partial charge in [0.2, 0.25) is 0 Å². The van der Waals surface area contributed by atoms with Crippen molar-refractivity contribution in [3.05, 3.63) is 0 Å². The van der Waals surface area contributed by atoms with E-state index < -0.39 is 0 Å². The molecule has 0 aliphatic rings. The van der Waals surface area contributed by atoms with Crippen LogP contribution in [0.3, 0.4) is 0 Å². The molecule has 0 rings (SSSR count). The van der Waals surface area contributed by atoms with Crippen LogP contribution >= 0.6 is 0 Å². The van der Waals surface area contributed by atoms with E-state index in [1.165, 1.54) is 64.2 Å². The van der Waals surface area contributed by atoms with Crippen LogP contribution in [-0.4, -0.2) is 78.6 Å². The van der Waals surface area contributed by atoms with E-state index in [-0.39, 0.29) is 5.97 Å². The third kappa shape index (κ3) is 31.3. The number of hydrogen-bond acceptors (Lipinski definition) is 7. The molecule has 0 aromatic rings. The monoisotopic (exact) mass is 518 g/mol. The maximum Gasteiger partial charge on any atom is 0.305 e. The highest BCUT2D eigenvalue weighted by Crippen LogP contribution is 2.11. The van der Waals surface area contributed by atoms with E-state index in [1.54, 1.807) is 0 Å². The zero-order chi connectivity index (χ0) is 26.2. The minimum absolute atomic E-state index is 0.142. The van der Waals surface area contributed by atoms with Crippen LogP contribution in [0.4, 0.5) is 0 Å². The van der Waals surface area contributed by atoms with Crippen LogP contribution in [0.2, 0.25) is 0 Å². The van der Waals surface area contributed by atoms with Crippen LogP contribution in [-0.2, 0) is 33.2 Å². The molecule has 0 fully saturated rings. The van der Waals surface area contributed by atoms with E-state index in [4.69, 9.17) is 28.4 Å². The predicted molar refractivity (Wildman–Crippen MR) is 146 cm³/mol. The molecule has 0 saturated heterocycles. The first-order valence-corrected chi connectivity index (χ1v) is 14.9. The Morgan fingerprint density at radius 2 is 0.722 bits per heavy atom. The van der Waals surface area contributed by atoms with Gasteiger partial charge in [-0.05, 0) is 12.8 Å². The average Bonchev–Trinajstić information content (AvgIpc) is 2.88. The van der Waals surface area contributed by atoms with Gasteiger partial charge in [0.05, 0.1) is 59.5 Å². The lowest BCUT2D eigenvalue weighted by atomic mass is 10.1. The van der Waals surface area contributed by atoms with E-state index in [1.807, 2.05) is 0 Å². The van der Waals surface area contributed by atoms with Crippen LogP contribution in [0, 0.1) is 0 Å². The molecule has 0 N–H and O–H groups in total. The summed E-state index contributed by atoms with van der Waals surface area (Å²) in [6, 6.07) is 0. The number of esters is 1. The second-order valence-electron chi connectivity index (χ2n) is 9.27. The van der Waals surface area contributed by atoms with Gasteiger partial charge in [0.15, 0.2) is 0 Å². The number of carbonyl (C=O) groups is 1. The van der Waals surface area contributed by atoms with Crippen molar-refractivity contribution in [2.24, 2.45) is 0 Å². The minimum Gasteiger partial charge on any atom is -0.463 e. The summed E-state index contributed by atoms with van der Waals surface area (Å²) in [5, 5.41) is 0. The number of hydrogen-bond donors (Lipinski definition) is 0. The van der Waals surface area contributed by atoms with Gasteiger partial charge in [-0.15, -0.1) is 0 Å². The summed E-state index contributed by atoms with van der Waals surface area (Å²) in [4.78, 5) is 11.4. The van der Waals surface area contributed by atoms with Crippen molar-refractivity contribution < 1.29 is 33.2 Å². The van der Waals surface area contributed by atoms with E-state index in [2.05, 4.69) is 13.8 Å². The molecule has 7 heteroatoms. The minimum atomic E-state index is -0.142. The fourth-order valence-electron chi connectivity index (χ4n) is 3.66. The van der Waals surface area contributed by atoms with E-state index in [9.17, 15) is 4.79 Å². The summed E-state index contributed by atoms with van der Waals surface area (Å²) >= 11 is 0. The SMILES string of the molecule is CCCCCCCCCCCCCOCCOCCOCCOCCOCCOC(=O)CCCCC. The van der Waals surface area contributed by atoms with Gasteiger partial charge in [-0.3, -0.25) is 4.79 Å². The van der Waals surface area contributed by atoms with Gasteiger partial charge in [-0.25, -0.2) is 0 Å². The van der Waals surface area contributed by atoms with E-state index in [0.29, 0.717) is 72.5 Å². The number of ether oxygens (including phenoxy) is 6. The zero-order valence-electron chi connectivity index (χ0n) is 23.7. The topological polar surface area (TPSA) is 72.5 Å². The van der Waals surface area contributed by atoms with Crippen LogP contribution in [0.5, 0.6) is 0 Å². The van der Waals surface area contributed by atoms with Crippen molar-refractivity contribution in [1.29, 1.82) is 0 Å². The fraction of sp³-hybridized carbons (Fsp3) is 0.966. The molecule has 0 atom stereocenters. The Bertz CT molecular complexity index is 420. The smallest absolute Gasteiger partial charge is 0.305 e. The van der Waals surface area contributed by atoms with Crippen molar-refractivity contribution >= 4 is 5.97 Å². The standard InChI is InChI=1S/C29H58O7/c1-3-5-7-8-9-10-11-12-13-14-16-18-31-19-20-32-21-22-33-23-24-34-25-26-35-27-28-36-29(30)17-15-6-4-2/h3-28H2,1-2H3. The maximum absolute atomic E-state index is 11.4. The molecule has 0 bridgehead atoms. The summed E-state index contributed by atoms with van der Waals surface area (Å²) in [7, 11) is 0. The van der Waals surface area contributed by atoms with Crippen LogP contribution in [0.1, 0.15) is 110 Å². The normalized spacial score (nSPS) is 11.3. The average molecular weight is 519 g/mol. The molecule has 0 saturated carbocycles. The molecule has 36 heavy (non-hydrogen) atoms. The second kappa shape index (κ2) is 32.3. The molecule has 0 spiro atoms. The lowest BCUT2D eigenvalue weighted by Gasteiger charge is -2.08. The predicted octanol–water partition coefficient (Wildman–Crippen LogP) is 6.50. The summed E-state index contributed by atoms with van der Waals surface area (Å²) < 4.78 is 32.6. The number of carbonyl (C=O) groups excluding carboxylic acids is 1. The Morgan fingerprint density at radius 3 is 1.17 bits per heavy atom. The molecule has 0 aliphatic heterocycles. The quantitative estimate of drug-likeness (QED) is 0.0765. The summed E-state index contributed by atoms with van der Waals surface area (Å²) in [5.74, 6) is -0.142. The molecule has 0 heterocycles. The molecule has 0 unspecified atom stereocenters. The highest BCUT2D eigenvalue weighted by molar-refractivity contribution is 5.69. The highest BCUT2D eigenvalue weighted by atomic mass is 16.6. The van der Waals surface area contributed by atoms with Gasteiger partial charge in [0.25, 0.3) is 0 Å². The van der Waals surface area contributed by atoms with Gasteiger partial charge in [-0.2, -0.15) is 0 Å². The maximum atomic E-state index is 11.4. The van der Waals surface area contributed by atoms with Crippen LogP contribution < -0.4 is 0 Å². The van der Waals surface area contributed by atoms with Gasteiger partial charge in [0.1, 0.15) is 6.61 Å². The summed E-state index contributed by atoms with van der Waals surface area (Å²) in [5.41, 5.74) is 0. The van der Waals surface area contributed by atoms with Gasteiger partial charge in [0, 0.05) is 13.0 Å². The third-order valence-electron chi connectivity index (χ3n) is 5.86. The highest BCUT2D eigenvalue weighted by Gasteiger charge is 2.01. The lowest BCUT2D eigenvalue weighted by Crippen LogP contribution is -2.15. The number of rotatable bonds is 31. The molecular formula is C29H58O7. The molecule has 7 nitrogen and oxygen atoms in total. The first kappa shape index (κ1) is 35.3. The first-order chi connectivity index (χ1) is 17.8. The Kier molecular flexibility index (Phi) is 31.6. The summed E-state index contributed by atoms with van der Waals surface area (Å²) in [6.07, 6.45) is 18.5. The van der Waals surface area contributed by atoms with Gasteiger partial charge < -0.3 is 28.4 Å². The van der Waals surface area contributed by atoms with Crippen LogP contribution in [0.15, 0.2) is 0 Å². The zero-order valence-corrected chi connectivity index (χ0v) is 23.7. The molecule has 216 valence electrons. The third-order valence-corrected chi connectivity index (χ3v) is 5.86.